The highest BCUT2D eigenvalue weighted by Gasteiger charge is 2.17. The Balaban J connectivity index is 1.94. The quantitative estimate of drug-likeness (QED) is 0.625. The van der Waals surface area contributed by atoms with Gasteiger partial charge in [-0.05, 0) is 55.5 Å². The molecule has 0 aromatic heterocycles. The fraction of sp³-hybridized carbons (Fsp3) is 0.133. The molecule has 3 nitrogen and oxygen atoms in total. The van der Waals surface area contributed by atoms with Gasteiger partial charge in [-0.3, -0.25) is 0 Å². The van der Waals surface area contributed by atoms with Gasteiger partial charge in [0.2, 0.25) is 0 Å². The minimum atomic E-state index is -0.788. The summed E-state index contributed by atoms with van der Waals surface area (Å²) in [4.78, 5) is 11.8. The van der Waals surface area contributed by atoms with Crippen molar-refractivity contribution in [2.75, 3.05) is 0 Å². The van der Waals surface area contributed by atoms with E-state index in [1.807, 2.05) is 0 Å². The van der Waals surface area contributed by atoms with Gasteiger partial charge in [0, 0.05) is 4.47 Å². The number of carbonyl (C=O) groups is 1. The summed E-state index contributed by atoms with van der Waals surface area (Å²) in [6.07, 6.45) is -0.788. The third kappa shape index (κ3) is 4.06. The average Bonchev–Trinajstić information content (AvgIpc) is 2.44. The van der Waals surface area contributed by atoms with E-state index in [0.717, 1.165) is 4.47 Å². The zero-order valence-corrected chi connectivity index (χ0v) is 12.3. The zero-order valence-electron chi connectivity index (χ0n) is 10.7. The lowest BCUT2D eigenvalue weighted by molar-refractivity contribution is -0.141. The van der Waals surface area contributed by atoms with Gasteiger partial charge in [-0.1, -0.05) is 15.9 Å². The molecule has 0 saturated heterocycles. The van der Waals surface area contributed by atoms with Crippen LogP contribution in [0.3, 0.4) is 0 Å². The van der Waals surface area contributed by atoms with Crippen molar-refractivity contribution in [3.8, 4) is 11.5 Å². The first-order chi connectivity index (χ1) is 9.54. The largest absolute Gasteiger partial charge is 0.479 e. The summed E-state index contributed by atoms with van der Waals surface area (Å²) < 4.78 is 24.2. The molecule has 0 radical (unpaired) electrons. The first kappa shape index (κ1) is 14.5. The highest BCUT2D eigenvalue weighted by molar-refractivity contribution is 9.10. The van der Waals surface area contributed by atoms with Gasteiger partial charge in [-0.25, -0.2) is 9.18 Å². The number of esters is 1. The van der Waals surface area contributed by atoms with Gasteiger partial charge in [-0.15, -0.1) is 0 Å². The van der Waals surface area contributed by atoms with Crippen LogP contribution in [0.25, 0.3) is 0 Å². The molecule has 1 atom stereocenters. The molecule has 0 spiro atoms. The summed E-state index contributed by atoms with van der Waals surface area (Å²) in [6.45, 7) is 1.57. The number of hydrogen-bond acceptors (Lipinski definition) is 3. The Kier molecular flexibility index (Phi) is 4.74. The van der Waals surface area contributed by atoms with Gasteiger partial charge < -0.3 is 9.47 Å². The molecule has 0 aliphatic heterocycles. The number of benzene rings is 2. The van der Waals surface area contributed by atoms with Crippen LogP contribution in [0.4, 0.5) is 4.39 Å². The van der Waals surface area contributed by atoms with Crippen molar-refractivity contribution in [2.24, 2.45) is 0 Å². The van der Waals surface area contributed by atoms with Crippen LogP contribution in [0.2, 0.25) is 0 Å². The van der Waals surface area contributed by atoms with E-state index in [1.54, 1.807) is 31.2 Å². The van der Waals surface area contributed by atoms with Gasteiger partial charge >= 0.3 is 5.97 Å². The van der Waals surface area contributed by atoms with Gasteiger partial charge in [0.15, 0.2) is 6.10 Å². The maximum absolute atomic E-state index is 12.8. The summed E-state index contributed by atoms with van der Waals surface area (Å²) in [5.74, 6) is -0.0292. The summed E-state index contributed by atoms with van der Waals surface area (Å²) >= 11 is 3.29. The Morgan fingerprint density at radius 1 is 1.05 bits per heavy atom. The van der Waals surface area contributed by atoms with Gasteiger partial charge in [0.1, 0.15) is 17.3 Å². The van der Waals surface area contributed by atoms with Crippen LogP contribution < -0.4 is 9.47 Å². The van der Waals surface area contributed by atoms with E-state index in [1.165, 1.54) is 24.3 Å². The lowest BCUT2D eigenvalue weighted by Gasteiger charge is -2.13. The number of hydrogen-bond donors (Lipinski definition) is 0. The lowest BCUT2D eigenvalue weighted by Crippen LogP contribution is -2.28. The molecule has 0 N–H and O–H groups in total. The second kappa shape index (κ2) is 6.52. The smallest absolute Gasteiger partial charge is 0.352 e. The molecular formula is C15H12BrFO3. The SMILES string of the molecule is C[C@H](Oc1ccc(F)cc1)C(=O)Oc1ccc(Br)cc1. The Bertz CT molecular complexity index is 581. The molecular weight excluding hydrogens is 327 g/mol. The first-order valence-electron chi connectivity index (χ1n) is 5.94. The summed E-state index contributed by atoms with van der Waals surface area (Å²) in [5, 5.41) is 0. The fourth-order valence-corrected chi connectivity index (χ4v) is 1.73. The molecule has 0 aliphatic rings. The lowest BCUT2D eigenvalue weighted by atomic mass is 10.3. The van der Waals surface area contributed by atoms with Crippen LogP contribution in [0.1, 0.15) is 6.92 Å². The van der Waals surface area contributed by atoms with E-state index in [0.29, 0.717) is 11.5 Å². The summed E-state index contributed by atoms with van der Waals surface area (Å²) in [6, 6.07) is 12.3. The normalized spacial score (nSPS) is 11.8. The molecule has 2 aromatic carbocycles. The van der Waals surface area contributed by atoms with Crippen molar-refractivity contribution < 1.29 is 18.7 Å². The minimum Gasteiger partial charge on any atom is -0.479 e. The van der Waals surface area contributed by atoms with E-state index >= 15 is 0 Å². The summed E-state index contributed by atoms with van der Waals surface area (Å²) in [5.41, 5.74) is 0. The topological polar surface area (TPSA) is 35.5 Å². The van der Waals surface area contributed by atoms with Crippen molar-refractivity contribution in [3.05, 3.63) is 58.8 Å². The van der Waals surface area contributed by atoms with Crippen molar-refractivity contribution in [1.82, 2.24) is 0 Å². The third-order valence-electron chi connectivity index (χ3n) is 2.49. The van der Waals surface area contributed by atoms with Crippen LogP contribution in [-0.2, 0) is 4.79 Å². The Morgan fingerprint density at radius 2 is 1.60 bits per heavy atom. The third-order valence-corrected chi connectivity index (χ3v) is 3.02. The molecule has 0 heterocycles. The molecule has 2 rings (SSSR count). The molecule has 0 aliphatic carbocycles. The Morgan fingerprint density at radius 3 is 2.20 bits per heavy atom. The molecule has 0 bridgehead atoms. The second-order valence-electron chi connectivity index (χ2n) is 4.09. The molecule has 104 valence electrons. The first-order valence-corrected chi connectivity index (χ1v) is 6.73. The van der Waals surface area contributed by atoms with Crippen molar-refractivity contribution in [1.29, 1.82) is 0 Å². The molecule has 0 unspecified atom stereocenters. The van der Waals surface area contributed by atoms with Crippen molar-refractivity contribution >= 4 is 21.9 Å². The monoisotopic (exact) mass is 338 g/mol. The summed E-state index contributed by atoms with van der Waals surface area (Å²) in [7, 11) is 0. The van der Waals surface area contributed by atoms with E-state index in [4.69, 9.17) is 9.47 Å². The molecule has 20 heavy (non-hydrogen) atoms. The number of rotatable bonds is 4. The number of halogens is 2. The van der Waals surface area contributed by atoms with Crippen LogP contribution in [0.15, 0.2) is 53.0 Å². The van der Waals surface area contributed by atoms with Crippen LogP contribution in [0.5, 0.6) is 11.5 Å². The predicted octanol–water partition coefficient (Wildman–Crippen LogP) is 3.96. The van der Waals surface area contributed by atoms with Crippen molar-refractivity contribution in [2.45, 2.75) is 13.0 Å². The number of carbonyl (C=O) groups excluding carboxylic acids is 1. The van der Waals surface area contributed by atoms with E-state index < -0.39 is 12.1 Å². The second-order valence-corrected chi connectivity index (χ2v) is 5.00. The standard InChI is InChI=1S/C15H12BrFO3/c1-10(19-13-8-4-12(17)5-9-13)15(18)20-14-6-2-11(16)3-7-14/h2-10H,1H3/t10-/m0/s1. The van der Waals surface area contributed by atoms with Crippen LogP contribution in [0, 0.1) is 5.82 Å². The maximum atomic E-state index is 12.8. The van der Waals surface area contributed by atoms with Gasteiger partial charge in [0.05, 0.1) is 0 Å². The molecule has 5 heteroatoms. The zero-order chi connectivity index (χ0) is 14.5. The van der Waals surface area contributed by atoms with Crippen LogP contribution >= 0.6 is 15.9 Å². The molecule has 2 aromatic rings. The highest BCUT2D eigenvalue weighted by atomic mass is 79.9. The van der Waals surface area contributed by atoms with Gasteiger partial charge in [0.25, 0.3) is 0 Å². The fourth-order valence-electron chi connectivity index (χ4n) is 1.47. The maximum Gasteiger partial charge on any atom is 0.352 e. The minimum absolute atomic E-state index is 0.359. The molecule has 0 saturated carbocycles. The number of ether oxygens (including phenoxy) is 2. The Hall–Kier alpha value is -1.88. The molecule has 0 fully saturated rings. The molecule has 0 amide bonds. The van der Waals surface area contributed by atoms with E-state index in [9.17, 15) is 9.18 Å². The van der Waals surface area contributed by atoms with E-state index in [-0.39, 0.29) is 5.82 Å². The van der Waals surface area contributed by atoms with Crippen LogP contribution in [-0.4, -0.2) is 12.1 Å². The van der Waals surface area contributed by atoms with Gasteiger partial charge in [-0.2, -0.15) is 0 Å². The average molecular weight is 339 g/mol. The van der Waals surface area contributed by atoms with E-state index in [2.05, 4.69) is 15.9 Å². The predicted molar refractivity (Wildman–Crippen MR) is 76.3 cm³/mol. The highest BCUT2D eigenvalue weighted by Crippen LogP contribution is 2.18. The Labute approximate surface area is 124 Å². The van der Waals surface area contributed by atoms with Crippen molar-refractivity contribution in [3.63, 3.8) is 0 Å².